The first-order chi connectivity index (χ1) is 9.60. The first-order valence-corrected chi connectivity index (χ1v) is 6.10. The van der Waals surface area contributed by atoms with E-state index in [1.165, 1.54) is 19.2 Å². The highest BCUT2D eigenvalue weighted by molar-refractivity contribution is 5.92. The summed E-state index contributed by atoms with van der Waals surface area (Å²) in [6, 6.07) is 7.61. The lowest BCUT2D eigenvalue weighted by atomic mass is 10.1. The Bertz CT molecular complexity index is 598. The van der Waals surface area contributed by atoms with Crippen LogP contribution in [0, 0.1) is 12.7 Å². The number of methoxy groups -OCH3 is 1. The molecular weight excluding hydrogens is 263 g/mol. The second-order valence-corrected chi connectivity index (χ2v) is 4.31. The maximum atomic E-state index is 13.2. The van der Waals surface area contributed by atoms with Gasteiger partial charge in [0.05, 0.1) is 6.10 Å². The first kappa shape index (κ1) is 14.2. The summed E-state index contributed by atoms with van der Waals surface area (Å²) in [4.78, 5) is 11.8. The molecule has 0 radical (unpaired) electrons. The molecule has 0 saturated carbocycles. The van der Waals surface area contributed by atoms with Gasteiger partial charge in [-0.3, -0.25) is 4.79 Å². The molecular formula is C14H15FN2O3. The van der Waals surface area contributed by atoms with E-state index in [2.05, 4.69) is 10.5 Å². The third kappa shape index (κ3) is 3.42. The smallest absolute Gasteiger partial charge is 0.273 e. The number of aromatic nitrogens is 1. The lowest BCUT2D eigenvalue weighted by Crippen LogP contribution is -2.29. The van der Waals surface area contributed by atoms with Crippen molar-refractivity contribution in [1.29, 1.82) is 0 Å². The van der Waals surface area contributed by atoms with Gasteiger partial charge in [-0.25, -0.2) is 4.39 Å². The fourth-order valence-electron chi connectivity index (χ4n) is 1.79. The van der Waals surface area contributed by atoms with Crippen LogP contribution in [0.25, 0.3) is 0 Å². The van der Waals surface area contributed by atoms with Gasteiger partial charge in [0, 0.05) is 19.7 Å². The lowest BCUT2D eigenvalue weighted by molar-refractivity contribution is 0.0820. The summed E-state index contributed by atoms with van der Waals surface area (Å²) in [5.74, 6) is -0.146. The SMILES string of the molecule is CO[C@H](CNC(=O)c1cc(C)on1)c1cccc(F)c1. The summed E-state index contributed by atoms with van der Waals surface area (Å²) in [5, 5.41) is 6.29. The van der Waals surface area contributed by atoms with E-state index in [0.717, 1.165) is 0 Å². The van der Waals surface area contributed by atoms with Crippen LogP contribution in [0.3, 0.4) is 0 Å². The predicted octanol–water partition coefficient (Wildman–Crippen LogP) is 2.24. The molecule has 1 aromatic carbocycles. The number of carbonyl (C=O) groups excluding carboxylic acids is 1. The summed E-state index contributed by atoms with van der Waals surface area (Å²) >= 11 is 0. The average molecular weight is 278 g/mol. The van der Waals surface area contributed by atoms with Crippen LogP contribution in [0.2, 0.25) is 0 Å². The van der Waals surface area contributed by atoms with Gasteiger partial charge in [-0.05, 0) is 24.6 Å². The van der Waals surface area contributed by atoms with Crippen molar-refractivity contribution in [3.05, 3.63) is 53.2 Å². The molecule has 2 rings (SSSR count). The zero-order valence-electron chi connectivity index (χ0n) is 11.2. The Labute approximate surface area is 115 Å². The van der Waals surface area contributed by atoms with Crippen LogP contribution in [0.1, 0.15) is 27.9 Å². The number of aryl methyl sites for hydroxylation is 1. The van der Waals surface area contributed by atoms with Gasteiger partial charge in [0.15, 0.2) is 5.69 Å². The van der Waals surface area contributed by atoms with Crippen molar-refractivity contribution in [2.24, 2.45) is 0 Å². The summed E-state index contributed by atoms with van der Waals surface area (Å²) in [6.45, 7) is 1.92. The van der Waals surface area contributed by atoms with Crippen LogP contribution < -0.4 is 5.32 Å². The Morgan fingerprint density at radius 1 is 1.50 bits per heavy atom. The molecule has 0 aliphatic heterocycles. The summed E-state index contributed by atoms with van der Waals surface area (Å²) in [7, 11) is 1.50. The third-order valence-electron chi connectivity index (χ3n) is 2.81. The zero-order valence-corrected chi connectivity index (χ0v) is 11.2. The third-order valence-corrected chi connectivity index (χ3v) is 2.81. The van der Waals surface area contributed by atoms with Crippen LogP contribution in [0.15, 0.2) is 34.9 Å². The lowest BCUT2D eigenvalue weighted by Gasteiger charge is -2.16. The Balaban J connectivity index is 1.99. The van der Waals surface area contributed by atoms with Gasteiger partial charge in [0.1, 0.15) is 11.6 Å². The number of ether oxygens (including phenoxy) is 1. The Hall–Kier alpha value is -2.21. The number of halogens is 1. The van der Waals surface area contributed by atoms with E-state index >= 15 is 0 Å². The van der Waals surface area contributed by atoms with Gasteiger partial charge in [-0.15, -0.1) is 0 Å². The van der Waals surface area contributed by atoms with Crippen LogP contribution in [-0.2, 0) is 4.74 Å². The van der Waals surface area contributed by atoms with E-state index in [1.807, 2.05) is 0 Å². The number of hydrogen-bond acceptors (Lipinski definition) is 4. The van der Waals surface area contributed by atoms with E-state index in [0.29, 0.717) is 11.3 Å². The molecule has 106 valence electrons. The molecule has 0 spiro atoms. The minimum atomic E-state index is -0.428. The molecule has 5 nitrogen and oxygen atoms in total. The molecule has 1 N–H and O–H groups in total. The molecule has 1 amide bonds. The number of carbonyl (C=O) groups is 1. The van der Waals surface area contributed by atoms with Crippen molar-refractivity contribution in [2.45, 2.75) is 13.0 Å². The van der Waals surface area contributed by atoms with E-state index in [4.69, 9.17) is 9.26 Å². The van der Waals surface area contributed by atoms with Crippen LogP contribution in [0.5, 0.6) is 0 Å². The second-order valence-electron chi connectivity index (χ2n) is 4.31. The molecule has 0 aliphatic rings. The van der Waals surface area contributed by atoms with Crippen LogP contribution in [0.4, 0.5) is 4.39 Å². The number of nitrogens with zero attached hydrogens (tertiary/aromatic N) is 1. The van der Waals surface area contributed by atoms with E-state index in [9.17, 15) is 9.18 Å². The summed E-state index contributed by atoms with van der Waals surface area (Å²) in [6.07, 6.45) is -0.428. The number of amides is 1. The van der Waals surface area contributed by atoms with E-state index in [1.54, 1.807) is 25.1 Å². The minimum Gasteiger partial charge on any atom is -0.375 e. The Morgan fingerprint density at radius 2 is 2.30 bits per heavy atom. The van der Waals surface area contributed by atoms with Gasteiger partial charge in [-0.2, -0.15) is 0 Å². The predicted molar refractivity (Wildman–Crippen MR) is 69.7 cm³/mol. The fourth-order valence-corrected chi connectivity index (χ4v) is 1.79. The minimum absolute atomic E-state index is 0.205. The van der Waals surface area contributed by atoms with Crippen molar-refractivity contribution < 1.29 is 18.4 Å². The molecule has 0 fully saturated rings. The highest BCUT2D eigenvalue weighted by Gasteiger charge is 2.15. The molecule has 2 aromatic rings. The fraction of sp³-hybridized carbons (Fsp3) is 0.286. The summed E-state index contributed by atoms with van der Waals surface area (Å²) in [5.41, 5.74) is 0.862. The Morgan fingerprint density at radius 3 is 2.90 bits per heavy atom. The van der Waals surface area contributed by atoms with Crippen LogP contribution >= 0.6 is 0 Å². The van der Waals surface area contributed by atoms with Crippen molar-refractivity contribution in [1.82, 2.24) is 10.5 Å². The molecule has 1 atom stereocenters. The highest BCUT2D eigenvalue weighted by Crippen LogP contribution is 2.16. The molecule has 0 saturated heterocycles. The molecule has 20 heavy (non-hydrogen) atoms. The highest BCUT2D eigenvalue weighted by atomic mass is 19.1. The molecule has 1 heterocycles. The largest absolute Gasteiger partial charge is 0.375 e. The number of rotatable bonds is 5. The van der Waals surface area contributed by atoms with E-state index < -0.39 is 6.10 Å². The maximum Gasteiger partial charge on any atom is 0.273 e. The maximum absolute atomic E-state index is 13.2. The zero-order chi connectivity index (χ0) is 14.5. The van der Waals surface area contributed by atoms with Crippen molar-refractivity contribution >= 4 is 5.91 Å². The van der Waals surface area contributed by atoms with Crippen molar-refractivity contribution in [2.75, 3.05) is 13.7 Å². The first-order valence-electron chi connectivity index (χ1n) is 6.10. The average Bonchev–Trinajstić information content (AvgIpc) is 2.86. The topological polar surface area (TPSA) is 64.4 Å². The quantitative estimate of drug-likeness (QED) is 0.911. The second kappa shape index (κ2) is 6.29. The number of nitrogens with one attached hydrogen (secondary N) is 1. The van der Waals surface area contributed by atoms with Gasteiger partial charge in [0.25, 0.3) is 5.91 Å². The van der Waals surface area contributed by atoms with Crippen LogP contribution in [-0.4, -0.2) is 24.7 Å². The van der Waals surface area contributed by atoms with Crippen molar-refractivity contribution in [3.8, 4) is 0 Å². The number of benzene rings is 1. The number of hydrogen-bond donors (Lipinski definition) is 1. The van der Waals surface area contributed by atoms with Gasteiger partial charge >= 0.3 is 0 Å². The van der Waals surface area contributed by atoms with Gasteiger partial charge < -0.3 is 14.6 Å². The molecule has 0 unspecified atom stereocenters. The monoisotopic (exact) mass is 278 g/mol. The van der Waals surface area contributed by atoms with Gasteiger partial charge in [0.2, 0.25) is 0 Å². The standard InChI is InChI=1S/C14H15FN2O3/c1-9-6-12(17-20-9)14(18)16-8-13(19-2)10-4-3-5-11(15)7-10/h3-7,13H,8H2,1-2H3,(H,16,18)/t13-/m1/s1. The normalized spacial score (nSPS) is 12.2. The van der Waals surface area contributed by atoms with E-state index in [-0.39, 0.29) is 24.0 Å². The molecule has 1 aromatic heterocycles. The van der Waals surface area contributed by atoms with Gasteiger partial charge in [-0.1, -0.05) is 17.3 Å². The molecule has 0 bridgehead atoms. The summed E-state index contributed by atoms with van der Waals surface area (Å²) < 4.78 is 23.3. The van der Waals surface area contributed by atoms with Crippen molar-refractivity contribution in [3.63, 3.8) is 0 Å². The molecule has 0 aliphatic carbocycles. The molecule has 6 heteroatoms. The Kier molecular flexibility index (Phi) is 4.47.